The molecule has 9 nitrogen and oxygen atoms in total. The molecule has 33 heavy (non-hydrogen) atoms. The minimum absolute atomic E-state index is 0.0322. The van der Waals surface area contributed by atoms with Gasteiger partial charge in [-0.05, 0) is 44.0 Å². The van der Waals surface area contributed by atoms with Crippen LogP contribution < -0.4 is 15.8 Å². The molecule has 2 saturated heterocycles. The molecule has 0 aliphatic carbocycles. The Labute approximate surface area is 193 Å². The average molecular weight is 451 g/mol. The van der Waals surface area contributed by atoms with E-state index in [1.807, 2.05) is 19.1 Å². The Kier molecular flexibility index (Phi) is 7.06. The molecule has 9 heteroatoms. The standard InChI is InChI=1S/C24H30N6O3/c1-3-28-9-11-29(12-10-28)22-20(24(32)30-8-4-6-17(2)21(30)27-22)14-18(15-25)23(31)26-16-19-7-5-13-33-19/h4,6,8,14,19H,3,5,7,9-13,16H2,1-2H3,(H,26,31)/b18-14-. The molecule has 0 aromatic carbocycles. The van der Waals surface area contributed by atoms with Crippen molar-refractivity contribution in [2.24, 2.45) is 0 Å². The Morgan fingerprint density at radius 2 is 2.15 bits per heavy atom. The van der Waals surface area contributed by atoms with Crippen LogP contribution in [0.4, 0.5) is 5.82 Å². The van der Waals surface area contributed by atoms with Gasteiger partial charge in [0.25, 0.3) is 11.5 Å². The Hall–Kier alpha value is -3.22. The molecule has 0 radical (unpaired) electrons. The summed E-state index contributed by atoms with van der Waals surface area (Å²) < 4.78 is 7.02. The number of nitriles is 1. The number of hydrogen-bond acceptors (Lipinski definition) is 7. The van der Waals surface area contributed by atoms with Crippen LogP contribution in [0.15, 0.2) is 28.7 Å². The molecule has 4 heterocycles. The van der Waals surface area contributed by atoms with Gasteiger partial charge in [0.05, 0.1) is 11.7 Å². The molecule has 2 aliphatic heterocycles. The fourth-order valence-electron chi connectivity index (χ4n) is 4.34. The van der Waals surface area contributed by atoms with E-state index in [0.717, 1.165) is 51.1 Å². The Morgan fingerprint density at radius 3 is 2.82 bits per heavy atom. The Balaban J connectivity index is 1.72. The number of amides is 1. The molecule has 0 spiro atoms. The number of nitrogens with zero attached hydrogens (tertiary/aromatic N) is 5. The van der Waals surface area contributed by atoms with Gasteiger partial charge >= 0.3 is 0 Å². The number of aromatic nitrogens is 2. The summed E-state index contributed by atoms with van der Waals surface area (Å²) in [4.78, 5) is 35.5. The molecule has 1 N–H and O–H groups in total. The second-order valence-electron chi connectivity index (χ2n) is 8.48. The highest BCUT2D eigenvalue weighted by molar-refractivity contribution is 6.02. The second-order valence-corrected chi connectivity index (χ2v) is 8.48. The highest BCUT2D eigenvalue weighted by Gasteiger charge is 2.24. The summed E-state index contributed by atoms with van der Waals surface area (Å²) in [6.07, 6.45) is 4.87. The number of aryl methyl sites for hydroxylation is 1. The van der Waals surface area contributed by atoms with E-state index in [0.29, 0.717) is 24.6 Å². The molecule has 2 aromatic rings. The van der Waals surface area contributed by atoms with Gasteiger partial charge in [0.2, 0.25) is 0 Å². The summed E-state index contributed by atoms with van der Waals surface area (Å²) >= 11 is 0. The van der Waals surface area contributed by atoms with E-state index in [1.165, 1.54) is 10.5 Å². The van der Waals surface area contributed by atoms with Crippen molar-refractivity contribution >= 4 is 23.4 Å². The first kappa shape index (κ1) is 23.0. The zero-order valence-corrected chi connectivity index (χ0v) is 19.2. The van der Waals surface area contributed by atoms with E-state index in [2.05, 4.69) is 22.0 Å². The number of carbonyl (C=O) groups is 1. The van der Waals surface area contributed by atoms with Crippen LogP contribution in [0.3, 0.4) is 0 Å². The third-order valence-electron chi connectivity index (χ3n) is 6.35. The largest absolute Gasteiger partial charge is 0.376 e. The number of anilines is 1. The van der Waals surface area contributed by atoms with E-state index in [4.69, 9.17) is 9.72 Å². The third-order valence-corrected chi connectivity index (χ3v) is 6.35. The Bertz CT molecular complexity index is 1150. The quantitative estimate of drug-likeness (QED) is 0.523. The van der Waals surface area contributed by atoms with Crippen molar-refractivity contribution in [3.63, 3.8) is 0 Å². The van der Waals surface area contributed by atoms with Crippen molar-refractivity contribution < 1.29 is 9.53 Å². The maximum atomic E-state index is 13.5. The topological polar surface area (TPSA) is 103 Å². The Morgan fingerprint density at radius 1 is 1.36 bits per heavy atom. The zero-order chi connectivity index (χ0) is 23.4. The van der Waals surface area contributed by atoms with Crippen LogP contribution in [0.5, 0.6) is 0 Å². The third kappa shape index (κ3) is 4.92. The average Bonchev–Trinajstić information content (AvgIpc) is 3.36. The highest BCUT2D eigenvalue weighted by atomic mass is 16.5. The summed E-state index contributed by atoms with van der Waals surface area (Å²) in [6, 6.07) is 5.67. The van der Waals surface area contributed by atoms with E-state index >= 15 is 0 Å². The maximum absolute atomic E-state index is 13.5. The van der Waals surface area contributed by atoms with Crippen LogP contribution in [-0.2, 0) is 9.53 Å². The summed E-state index contributed by atoms with van der Waals surface area (Å²) in [6.45, 7) is 9.21. The van der Waals surface area contributed by atoms with Gasteiger partial charge in [0.1, 0.15) is 23.1 Å². The van der Waals surface area contributed by atoms with Gasteiger partial charge < -0.3 is 19.9 Å². The van der Waals surface area contributed by atoms with Crippen molar-refractivity contribution in [1.29, 1.82) is 5.26 Å². The van der Waals surface area contributed by atoms with Crippen LogP contribution >= 0.6 is 0 Å². The van der Waals surface area contributed by atoms with Gasteiger partial charge in [0.15, 0.2) is 0 Å². The molecule has 2 fully saturated rings. The van der Waals surface area contributed by atoms with Gasteiger partial charge in [-0.1, -0.05) is 13.0 Å². The molecular formula is C24H30N6O3. The highest BCUT2D eigenvalue weighted by Crippen LogP contribution is 2.22. The van der Waals surface area contributed by atoms with Gasteiger partial charge in [0, 0.05) is 45.5 Å². The number of rotatable bonds is 6. The number of nitrogens with one attached hydrogen (secondary N) is 1. The molecule has 1 amide bonds. The maximum Gasteiger partial charge on any atom is 0.267 e. The monoisotopic (exact) mass is 450 g/mol. The van der Waals surface area contributed by atoms with Crippen molar-refractivity contribution in [3.05, 3.63) is 45.4 Å². The van der Waals surface area contributed by atoms with Gasteiger partial charge in [-0.15, -0.1) is 0 Å². The number of pyridine rings is 1. The van der Waals surface area contributed by atoms with E-state index < -0.39 is 5.91 Å². The summed E-state index contributed by atoms with van der Waals surface area (Å²) in [7, 11) is 0. The zero-order valence-electron chi connectivity index (χ0n) is 19.2. The van der Waals surface area contributed by atoms with Crippen LogP contribution in [0.25, 0.3) is 11.7 Å². The minimum Gasteiger partial charge on any atom is -0.376 e. The molecule has 174 valence electrons. The van der Waals surface area contributed by atoms with Crippen molar-refractivity contribution in [3.8, 4) is 6.07 Å². The molecule has 0 bridgehead atoms. The lowest BCUT2D eigenvalue weighted by Crippen LogP contribution is -2.47. The minimum atomic E-state index is -0.511. The van der Waals surface area contributed by atoms with Crippen LogP contribution in [0.2, 0.25) is 0 Å². The predicted octanol–water partition coefficient (Wildman–Crippen LogP) is 1.35. The molecule has 2 aromatic heterocycles. The van der Waals surface area contributed by atoms with Gasteiger partial charge in [-0.25, -0.2) is 4.98 Å². The molecule has 0 saturated carbocycles. The van der Waals surface area contributed by atoms with Crippen LogP contribution in [0, 0.1) is 18.3 Å². The molecule has 4 rings (SSSR count). The lowest BCUT2D eigenvalue weighted by molar-refractivity contribution is -0.117. The number of fused-ring (bicyclic) bond motifs is 1. The molecule has 2 aliphatic rings. The van der Waals surface area contributed by atoms with Gasteiger partial charge in [-0.2, -0.15) is 5.26 Å². The van der Waals surface area contributed by atoms with Crippen molar-refractivity contribution in [2.45, 2.75) is 32.8 Å². The SMILES string of the molecule is CCN1CCN(c2nc3c(C)cccn3c(=O)c2/C=C(/C#N)C(=O)NCC2CCCO2)CC1. The van der Waals surface area contributed by atoms with Crippen LogP contribution in [0.1, 0.15) is 30.9 Å². The lowest BCUT2D eigenvalue weighted by atomic mass is 10.1. The first-order valence-electron chi connectivity index (χ1n) is 11.5. The summed E-state index contributed by atoms with van der Waals surface area (Å²) in [5.41, 5.74) is 1.30. The van der Waals surface area contributed by atoms with E-state index in [9.17, 15) is 14.9 Å². The van der Waals surface area contributed by atoms with Gasteiger partial charge in [-0.3, -0.25) is 14.0 Å². The van der Waals surface area contributed by atoms with E-state index in [-0.39, 0.29) is 22.8 Å². The lowest BCUT2D eigenvalue weighted by Gasteiger charge is -2.35. The normalized spacial score (nSPS) is 19.6. The fourth-order valence-corrected chi connectivity index (χ4v) is 4.34. The summed E-state index contributed by atoms with van der Waals surface area (Å²) in [5.74, 6) is 0.00761. The smallest absolute Gasteiger partial charge is 0.267 e. The van der Waals surface area contributed by atoms with E-state index in [1.54, 1.807) is 12.3 Å². The number of likely N-dealkylation sites (N-methyl/N-ethyl adjacent to an activating group) is 1. The van der Waals surface area contributed by atoms with Crippen LogP contribution in [-0.4, -0.2) is 72.2 Å². The first-order valence-corrected chi connectivity index (χ1v) is 11.5. The number of piperazine rings is 1. The van der Waals surface area contributed by atoms with Crippen molar-refractivity contribution in [2.75, 3.05) is 50.8 Å². The molecule has 1 unspecified atom stereocenters. The molecule has 1 atom stereocenters. The first-order chi connectivity index (χ1) is 16.0. The summed E-state index contributed by atoms with van der Waals surface area (Å²) in [5, 5.41) is 12.5. The second kappa shape index (κ2) is 10.1. The van der Waals surface area contributed by atoms with Crippen molar-refractivity contribution in [1.82, 2.24) is 19.6 Å². The number of carbonyl (C=O) groups excluding carboxylic acids is 1. The predicted molar refractivity (Wildman–Crippen MR) is 126 cm³/mol. The number of hydrogen-bond donors (Lipinski definition) is 1. The molecular weight excluding hydrogens is 420 g/mol. The number of ether oxygens (including phenoxy) is 1. The fraction of sp³-hybridized carbons (Fsp3) is 0.500.